The Morgan fingerprint density at radius 2 is 1.13 bits per heavy atom. The Hall–Kier alpha value is -7.04. The number of aromatic hydroxyl groups is 1. The summed E-state index contributed by atoms with van der Waals surface area (Å²) in [6, 6.07) is 55.9. The highest BCUT2D eigenvalue weighted by Gasteiger charge is 2.29. The number of phenols is 1. The van der Waals surface area contributed by atoms with Gasteiger partial charge in [-0.2, -0.15) is 0 Å². The molecule has 0 bridgehead atoms. The zero-order chi connectivity index (χ0) is 44.2. The van der Waals surface area contributed by atoms with Crippen LogP contribution in [0.5, 0.6) is 5.75 Å². The molecule has 4 heteroatoms. The molecule has 1 N–H and O–H groups in total. The standard InChI is InChI=1S/C59H55N3O/c1-37-31-38(2)54(39(3)32-37)46-29-27-42(51-30-28-43(36-60-51)40-19-12-10-13-20-40)33-48(46)47-24-18-26-53-55(47)61-57(49-34-44(58(4,5)6)35-50(56(49)63)59(7,8)9)62(53)52-25-17-16-23-45(52)41-21-14-11-15-22-41/h10-36,63H,1-9H3. The molecule has 7 aromatic carbocycles. The molecule has 0 saturated carbocycles. The van der Waals surface area contributed by atoms with Gasteiger partial charge in [-0.15, -0.1) is 0 Å². The molecule has 0 aliphatic heterocycles. The molecular weight excluding hydrogens is 767 g/mol. The highest BCUT2D eigenvalue weighted by atomic mass is 16.3. The maximum Gasteiger partial charge on any atom is 0.149 e. The van der Waals surface area contributed by atoms with Crippen molar-refractivity contribution in [3.05, 3.63) is 192 Å². The number of imidazole rings is 1. The Kier molecular flexibility index (Phi) is 10.5. The molecule has 0 unspecified atom stereocenters. The van der Waals surface area contributed by atoms with Gasteiger partial charge in [0.05, 0.1) is 28.0 Å². The van der Waals surface area contributed by atoms with E-state index in [0.29, 0.717) is 11.4 Å². The van der Waals surface area contributed by atoms with Crippen molar-refractivity contribution in [2.75, 3.05) is 0 Å². The second-order valence-corrected chi connectivity index (χ2v) is 19.1. The number of para-hydroxylation sites is 2. The molecule has 0 fully saturated rings. The summed E-state index contributed by atoms with van der Waals surface area (Å²) in [5, 5.41) is 12.5. The molecule has 0 atom stereocenters. The van der Waals surface area contributed by atoms with Crippen LogP contribution in [-0.4, -0.2) is 19.6 Å². The van der Waals surface area contributed by atoms with Gasteiger partial charge in [0.2, 0.25) is 0 Å². The molecule has 0 aliphatic rings. The predicted molar refractivity (Wildman–Crippen MR) is 265 cm³/mol. The number of hydrogen-bond acceptors (Lipinski definition) is 3. The van der Waals surface area contributed by atoms with E-state index in [-0.39, 0.29) is 16.6 Å². The van der Waals surface area contributed by atoms with Gasteiger partial charge in [-0.25, -0.2) is 4.98 Å². The number of pyridine rings is 1. The van der Waals surface area contributed by atoms with Crippen LogP contribution in [0, 0.1) is 20.8 Å². The lowest BCUT2D eigenvalue weighted by Gasteiger charge is -2.27. The van der Waals surface area contributed by atoms with Crippen LogP contribution in [0.4, 0.5) is 0 Å². The zero-order valence-electron chi connectivity index (χ0n) is 37.9. The average Bonchev–Trinajstić information content (AvgIpc) is 3.66. The summed E-state index contributed by atoms with van der Waals surface area (Å²) in [5.41, 5.74) is 19.4. The van der Waals surface area contributed by atoms with E-state index < -0.39 is 0 Å². The summed E-state index contributed by atoms with van der Waals surface area (Å²) >= 11 is 0. The van der Waals surface area contributed by atoms with Crippen molar-refractivity contribution in [1.82, 2.24) is 14.5 Å². The van der Waals surface area contributed by atoms with Crippen molar-refractivity contribution in [1.29, 1.82) is 0 Å². The monoisotopic (exact) mass is 821 g/mol. The van der Waals surface area contributed by atoms with Crippen LogP contribution in [0.25, 0.3) is 83.9 Å². The first-order valence-electron chi connectivity index (χ1n) is 22.0. The first-order chi connectivity index (χ1) is 30.2. The van der Waals surface area contributed by atoms with Gasteiger partial charge in [0.1, 0.15) is 11.6 Å². The third-order valence-electron chi connectivity index (χ3n) is 12.4. The van der Waals surface area contributed by atoms with Crippen molar-refractivity contribution in [2.45, 2.75) is 73.1 Å². The third-order valence-corrected chi connectivity index (χ3v) is 12.4. The Morgan fingerprint density at radius 3 is 1.78 bits per heavy atom. The number of phenolic OH excluding ortho intramolecular Hbond substituents is 1. The second-order valence-electron chi connectivity index (χ2n) is 19.1. The van der Waals surface area contributed by atoms with Gasteiger partial charge in [-0.3, -0.25) is 9.55 Å². The molecule has 63 heavy (non-hydrogen) atoms. The summed E-state index contributed by atoms with van der Waals surface area (Å²) in [7, 11) is 0. The van der Waals surface area contributed by atoms with E-state index in [1.54, 1.807) is 0 Å². The summed E-state index contributed by atoms with van der Waals surface area (Å²) in [4.78, 5) is 10.7. The average molecular weight is 822 g/mol. The first-order valence-corrected chi connectivity index (χ1v) is 22.0. The minimum absolute atomic E-state index is 0.182. The van der Waals surface area contributed by atoms with Crippen molar-refractivity contribution >= 4 is 11.0 Å². The van der Waals surface area contributed by atoms with Crippen LogP contribution in [0.3, 0.4) is 0 Å². The van der Waals surface area contributed by atoms with Crippen LogP contribution in [0.15, 0.2) is 164 Å². The van der Waals surface area contributed by atoms with Gasteiger partial charge in [-0.05, 0) is 106 Å². The van der Waals surface area contributed by atoms with Gasteiger partial charge in [0, 0.05) is 34.0 Å². The zero-order valence-corrected chi connectivity index (χ0v) is 37.9. The summed E-state index contributed by atoms with van der Waals surface area (Å²) in [6.45, 7) is 19.8. The van der Waals surface area contributed by atoms with E-state index in [4.69, 9.17) is 9.97 Å². The van der Waals surface area contributed by atoms with Gasteiger partial charge < -0.3 is 5.11 Å². The molecule has 9 aromatic rings. The highest BCUT2D eigenvalue weighted by molar-refractivity contribution is 6.02. The Labute approximate surface area is 372 Å². The molecule has 0 radical (unpaired) electrons. The van der Waals surface area contributed by atoms with Crippen molar-refractivity contribution in [3.8, 4) is 78.6 Å². The van der Waals surface area contributed by atoms with Gasteiger partial charge in [-0.1, -0.05) is 174 Å². The SMILES string of the molecule is Cc1cc(C)c(-c2ccc(-c3ccc(-c4ccccc4)cn3)cc2-c2cccc3c2nc(-c2cc(C(C)(C)C)cc(C(C)(C)C)c2O)n3-c2ccccc2-c2ccccc2)c(C)c1. The molecule has 2 heterocycles. The highest BCUT2D eigenvalue weighted by Crippen LogP contribution is 2.47. The lowest BCUT2D eigenvalue weighted by atomic mass is 9.79. The number of fused-ring (bicyclic) bond motifs is 1. The fourth-order valence-electron chi connectivity index (χ4n) is 9.20. The first kappa shape index (κ1) is 41.3. The Balaban J connectivity index is 1.37. The second kappa shape index (κ2) is 16.0. The normalized spacial score (nSPS) is 12.0. The van der Waals surface area contributed by atoms with Crippen LogP contribution < -0.4 is 0 Å². The molecule has 0 aliphatic carbocycles. The molecule has 0 amide bonds. The Bertz CT molecular complexity index is 3120. The summed E-state index contributed by atoms with van der Waals surface area (Å²) in [6.07, 6.45) is 1.97. The lowest BCUT2D eigenvalue weighted by Crippen LogP contribution is -2.17. The van der Waals surface area contributed by atoms with Gasteiger partial charge in [0.25, 0.3) is 0 Å². The number of benzene rings is 7. The number of hydrogen-bond donors (Lipinski definition) is 1. The van der Waals surface area contributed by atoms with E-state index in [1.165, 1.54) is 22.3 Å². The maximum absolute atomic E-state index is 12.5. The largest absolute Gasteiger partial charge is 0.507 e. The molecule has 0 saturated heterocycles. The third kappa shape index (κ3) is 7.76. The van der Waals surface area contributed by atoms with Gasteiger partial charge >= 0.3 is 0 Å². The maximum atomic E-state index is 12.5. The van der Waals surface area contributed by atoms with E-state index in [0.717, 1.165) is 78.0 Å². The number of aromatic nitrogens is 3. The van der Waals surface area contributed by atoms with E-state index in [1.807, 2.05) is 12.3 Å². The summed E-state index contributed by atoms with van der Waals surface area (Å²) < 4.78 is 2.27. The molecule has 9 rings (SSSR count). The molecule has 312 valence electrons. The van der Waals surface area contributed by atoms with Crippen molar-refractivity contribution in [3.63, 3.8) is 0 Å². The van der Waals surface area contributed by atoms with Crippen LogP contribution in [0.1, 0.15) is 69.4 Å². The van der Waals surface area contributed by atoms with E-state index >= 15 is 0 Å². The topological polar surface area (TPSA) is 50.9 Å². The van der Waals surface area contributed by atoms with Crippen molar-refractivity contribution < 1.29 is 5.11 Å². The van der Waals surface area contributed by atoms with E-state index in [2.05, 4.69) is 219 Å². The minimum atomic E-state index is -0.323. The lowest BCUT2D eigenvalue weighted by molar-refractivity contribution is 0.446. The quantitative estimate of drug-likeness (QED) is 0.174. The fraction of sp³-hybridized carbons (Fsp3) is 0.186. The molecule has 2 aromatic heterocycles. The number of aryl methyl sites for hydroxylation is 3. The molecule has 0 spiro atoms. The summed E-state index contributed by atoms with van der Waals surface area (Å²) in [5.74, 6) is 0.943. The van der Waals surface area contributed by atoms with Crippen molar-refractivity contribution in [2.24, 2.45) is 0 Å². The van der Waals surface area contributed by atoms with Gasteiger partial charge in [0.15, 0.2) is 0 Å². The Morgan fingerprint density at radius 1 is 0.492 bits per heavy atom. The number of rotatable bonds is 7. The van der Waals surface area contributed by atoms with Crippen LogP contribution in [-0.2, 0) is 10.8 Å². The predicted octanol–water partition coefficient (Wildman–Crippen LogP) is 15.6. The molecule has 4 nitrogen and oxygen atoms in total. The number of nitrogens with zero attached hydrogens (tertiary/aromatic N) is 3. The minimum Gasteiger partial charge on any atom is -0.507 e. The van der Waals surface area contributed by atoms with Crippen LogP contribution >= 0.6 is 0 Å². The smallest absolute Gasteiger partial charge is 0.149 e. The fourth-order valence-corrected chi connectivity index (χ4v) is 9.20. The van der Waals surface area contributed by atoms with Crippen LogP contribution in [0.2, 0.25) is 0 Å². The molecular formula is C59H55N3O. The van der Waals surface area contributed by atoms with E-state index in [9.17, 15) is 5.11 Å².